The maximum Gasteiger partial charge on any atom is 0.163 e. The Morgan fingerprint density at radius 3 is 2.60 bits per heavy atom. The summed E-state index contributed by atoms with van der Waals surface area (Å²) in [6, 6.07) is 16.5. The molecular formula is C16H10IN3. The highest BCUT2D eigenvalue weighted by Gasteiger charge is 2.10. The SMILES string of the molecule is Ic1ccc(-c2nc3ccccc3n3ccnc23)cc1. The second-order valence-electron chi connectivity index (χ2n) is 4.58. The first-order valence-electron chi connectivity index (χ1n) is 6.31. The zero-order valence-electron chi connectivity index (χ0n) is 10.5. The molecule has 2 aromatic carbocycles. The molecule has 0 radical (unpaired) electrons. The summed E-state index contributed by atoms with van der Waals surface area (Å²) >= 11 is 2.31. The Morgan fingerprint density at radius 2 is 1.75 bits per heavy atom. The molecule has 0 spiro atoms. The Morgan fingerprint density at radius 1 is 0.950 bits per heavy atom. The van der Waals surface area contributed by atoms with Gasteiger partial charge in [0.05, 0.1) is 11.0 Å². The monoisotopic (exact) mass is 371 g/mol. The van der Waals surface area contributed by atoms with Gasteiger partial charge in [0.15, 0.2) is 5.65 Å². The molecule has 4 heteroatoms. The van der Waals surface area contributed by atoms with E-state index in [1.165, 1.54) is 3.57 Å². The molecule has 0 unspecified atom stereocenters. The summed E-state index contributed by atoms with van der Waals surface area (Å²) in [4.78, 5) is 9.26. The van der Waals surface area contributed by atoms with Crippen LogP contribution in [0, 0.1) is 3.57 Å². The molecule has 0 amide bonds. The first-order valence-corrected chi connectivity index (χ1v) is 7.38. The van der Waals surface area contributed by atoms with Crippen molar-refractivity contribution in [1.82, 2.24) is 14.4 Å². The van der Waals surface area contributed by atoms with Crippen molar-refractivity contribution in [2.24, 2.45) is 0 Å². The van der Waals surface area contributed by atoms with Crippen LogP contribution in [0.4, 0.5) is 0 Å². The molecule has 0 fully saturated rings. The minimum absolute atomic E-state index is 0.893. The Balaban J connectivity index is 2.11. The fourth-order valence-electron chi connectivity index (χ4n) is 2.41. The van der Waals surface area contributed by atoms with Crippen molar-refractivity contribution in [3.63, 3.8) is 0 Å². The maximum atomic E-state index is 4.79. The Hall–Kier alpha value is -1.95. The van der Waals surface area contributed by atoms with Crippen LogP contribution in [0.15, 0.2) is 60.9 Å². The second kappa shape index (κ2) is 4.56. The van der Waals surface area contributed by atoms with E-state index in [2.05, 4.69) is 62.3 Å². The molecule has 2 heterocycles. The number of imidazole rings is 1. The van der Waals surface area contributed by atoms with Crippen molar-refractivity contribution in [3.05, 3.63) is 64.5 Å². The summed E-state index contributed by atoms with van der Waals surface area (Å²) in [6.45, 7) is 0. The highest BCUT2D eigenvalue weighted by molar-refractivity contribution is 14.1. The van der Waals surface area contributed by atoms with Crippen LogP contribution in [0.1, 0.15) is 0 Å². The van der Waals surface area contributed by atoms with Gasteiger partial charge in [-0.25, -0.2) is 9.97 Å². The minimum Gasteiger partial charge on any atom is -0.296 e. The van der Waals surface area contributed by atoms with E-state index in [0.29, 0.717) is 0 Å². The van der Waals surface area contributed by atoms with Crippen LogP contribution in [0.3, 0.4) is 0 Å². The lowest BCUT2D eigenvalue weighted by molar-refractivity contribution is 1.21. The highest BCUT2D eigenvalue weighted by atomic mass is 127. The van der Waals surface area contributed by atoms with Crippen LogP contribution in [0.5, 0.6) is 0 Å². The van der Waals surface area contributed by atoms with Crippen molar-refractivity contribution < 1.29 is 0 Å². The molecule has 0 N–H and O–H groups in total. The third kappa shape index (κ3) is 1.79. The lowest BCUT2D eigenvalue weighted by atomic mass is 10.1. The molecule has 2 aromatic heterocycles. The first kappa shape index (κ1) is 11.8. The molecule has 0 aliphatic rings. The normalized spacial score (nSPS) is 11.2. The number of hydrogen-bond acceptors (Lipinski definition) is 2. The van der Waals surface area contributed by atoms with E-state index >= 15 is 0 Å². The van der Waals surface area contributed by atoms with Crippen LogP contribution < -0.4 is 0 Å². The Kier molecular flexibility index (Phi) is 2.70. The van der Waals surface area contributed by atoms with Gasteiger partial charge in [-0.05, 0) is 46.9 Å². The zero-order chi connectivity index (χ0) is 13.5. The third-order valence-corrected chi connectivity index (χ3v) is 4.06. The summed E-state index contributed by atoms with van der Waals surface area (Å²) in [5, 5.41) is 0. The molecular weight excluding hydrogens is 361 g/mol. The molecule has 0 aliphatic heterocycles. The van der Waals surface area contributed by atoms with Crippen LogP contribution in [0.2, 0.25) is 0 Å². The van der Waals surface area contributed by atoms with Crippen molar-refractivity contribution in [3.8, 4) is 11.3 Å². The summed E-state index contributed by atoms with van der Waals surface area (Å²) in [5.41, 5.74) is 4.96. The second-order valence-corrected chi connectivity index (χ2v) is 5.82. The molecule has 96 valence electrons. The number of fused-ring (bicyclic) bond motifs is 3. The van der Waals surface area contributed by atoms with E-state index in [-0.39, 0.29) is 0 Å². The smallest absolute Gasteiger partial charge is 0.163 e. The van der Waals surface area contributed by atoms with Crippen LogP contribution in [-0.4, -0.2) is 14.4 Å². The number of aromatic nitrogens is 3. The van der Waals surface area contributed by atoms with Crippen molar-refractivity contribution in [1.29, 1.82) is 0 Å². The van der Waals surface area contributed by atoms with Crippen molar-refractivity contribution in [2.45, 2.75) is 0 Å². The van der Waals surface area contributed by atoms with Crippen molar-refractivity contribution in [2.75, 3.05) is 0 Å². The predicted octanol–water partition coefficient (Wildman–Crippen LogP) is 4.15. The van der Waals surface area contributed by atoms with E-state index in [1.54, 1.807) is 0 Å². The molecule has 3 nitrogen and oxygen atoms in total. The minimum atomic E-state index is 0.893. The van der Waals surface area contributed by atoms with Gasteiger partial charge in [0.25, 0.3) is 0 Å². The molecule has 0 aliphatic carbocycles. The lowest BCUT2D eigenvalue weighted by Crippen LogP contribution is -1.95. The molecule has 0 saturated heterocycles. The summed E-state index contributed by atoms with van der Waals surface area (Å²) in [5.74, 6) is 0. The van der Waals surface area contributed by atoms with E-state index in [9.17, 15) is 0 Å². The fraction of sp³-hybridized carbons (Fsp3) is 0. The van der Waals surface area contributed by atoms with Gasteiger partial charge < -0.3 is 0 Å². The van der Waals surface area contributed by atoms with Gasteiger partial charge in [0.2, 0.25) is 0 Å². The topological polar surface area (TPSA) is 30.2 Å². The van der Waals surface area contributed by atoms with Crippen molar-refractivity contribution >= 4 is 39.3 Å². The fourth-order valence-corrected chi connectivity index (χ4v) is 2.77. The summed E-state index contributed by atoms with van der Waals surface area (Å²) < 4.78 is 3.31. The van der Waals surface area contributed by atoms with E-state index < -0.39 is 0 Å². The van der Waals surface area contributed by atoms with E-state index in [4.69, 9.17) is 4.98 Å². The molecule has 0 bridgehead atoms. The van der Waals surface area contributed by atoms with Crippen LogP contribution >= 0.6 is 22.6 Å². The van der Waals surface area contributed by atoms with Gasteiger partial charge in [-0.1, -0.05) is 24.3 Å². The molecule has 4 rings (SSSR count). The molecule has 0 saturated carbocycles. The lowest BCUT2D eigenvalue weighted by Gasteiger charge is -2.07. The van der Waals surface area contributed by atoms with Crippen LogP contribution in [-0.2, 0) is 0 Å². The highest BCUT2D eigenvalue weighted by Crippen LogP contribution is 2.26. The summed E-state index contributed by atoms with van der Waals surface area (Å²) in [6.07, 6.45) is 3.80. The van der Waals surface area contributed by atoms with Gasteiger partial charge in [-0.15, -0.1) is 0 Å². The van der Waals surface area contributed by atoms with E-state index in [0.717, 1.165) is 27.9 Å². The third-order valence-electron chi connectivity index (χ3n) is 3.34. The quantitative estimate of drug-likeness (QED) is 0.471. The Labute approximate surface area is 129 Å². The first-order chi connectivity index (χ1) is 9.83. The van der Waals surface area contributed by atoms with Gasteiger partial charge >= 0.3 is 0 Å². The molecule has 0 atom stereocenters. The average molecular weight is 371 g/mol. The van der Waals surface area contributed by atoms with Gasteiger partial charge in [-0.3, -0.25) is 4.40 Å². The molecule has 20 heavy (non-hydrogen) atoms. The number of para-hydroxylation sites is 2. The zero-order valence-corrected chi connectivity index (χ0v) is 12.7. The van der Waals surface area contributed by atoms with E-state index in [1.807, 2.05) is 30.6 Å². The number of halogens is 1. The standard InChI is InChI=1S/C16H10IN3/c17-12-7-5-11(6-8-12)15-16-18-9-10-20(16)14-4-2-1-3-13(14)19-15/h1-10H. The largest absolute Gasteiger partial charge is 0.296 e. The van der Waals surface area contributed by atoms with Gasteiger partial charge in [0, 0.05) is 21.5 Å². The predicted molar refractivity (Wildman–Crippen MR) is 88.6 cm³/mol. The number of rotatable bonds is 1. The van der Waals surface area contributed by atoms with Gasteiger partial charge in [0.1, 0.15) is 5.69 Å². The number of nitrogens with zero attached hydrogens (tertiary/aromatic N) is 3. The average Bonchev–Trinajstić information content (AvgIpc) is 2.97. The number of hydrogen-bond donors (Lipinski definition) is 0. The summed E-state index contributed by atoms with van der Waals surface area (Å²) in [7, 11) is 0. The van der Waals surface area contributed by atoms with Gasteiger partial charge in [-0.2, -0.15) is 0 Å². The Bertz CT molecular complexity index is 910. The number of benzene rings is 2. The molecule has 4 aromatic rings. The van der Waals surface area contributed by atoms with Crippen LogP contribution in [0.25, 0.3) is 27.9 Å². The maximum absolute atomic E-state index is 4.79.